The summed E-state index contributed by atoms with van der Waals surface area (Å²) in [5.74, 6) is 0.131. The molecule has 2 saturated heterocycles. The van der Waals surface area contributed by atoms with E-state index in [0.717, 1.165) is 38.6 Å². The van der Waals surface area contributed by atoms with Crippen LogP contribution in [0, 0.1) is 5.92 Å². The molecule has 2 atom stereocenters. The molecule has 26 heavy (non-hydrogen) atoms. The SMILES string of the molecule is CCCC1NCCN(C(CCC)C(=O)N2CCC(CC(N)=O)CC2)C1=O. The van der Waals surface area contributed by atoms with E-state index in [1.54, 1.807) is 4.90 Å². The lowest BCUT2D eigenvalue weighted by atomic mass is 9.92. The topological polar surface area (TPSA) is 95.7 Å². The molecule has 7 nitrogen and oxygen atoms in total. The second-order valence-electron chi connectivity index (χ2n) is 7.57. The molecule has 0 radical (unpaired) electrons. The van der Waals surface area contributed by atoms with Crippen LogP contribution in [-0.2, 0) is 14.4 Å². The summed E-state index contributed by atoms with van der Waals surface area (Å²) in [5.41, 5.74) is 5.29. The first-order chi connectivity index (χ1) is 12.5. The molecule has 2 rings (SSSR count). The van der Waals surface area contributed by atoms with E-state index in [4.69, 9.17) is 5.73 Å². The molecule has 0 bridgehead atoms. The molecule has 0 saturated carbocycles. The third-order valence-corrected chi connectivity index (χ3v) is 5.54. The van der Waals surface area contributed by atoms with E-state index < -0.39 is 0 Å². The molecule has 148 valence electrons. The number of carbonyl (C=O) groups excluding carboxylic acids is 3. The van der Waals surface area contributed by atoms with Gasteiger partial charge in [0.1, 0.15) is 6.04 Å². The van der Waals surface area contributed by atoms with Gasteiger partial charge >= 0.3 is 0 Å². The van der Waals surface area contributed by atoms with Crippen LogP contribution in [0.2, 0.25) is 0 Å². The highest BCUT2D eigenvalue weighted by molar-refractivity contribution is 5.90. The third kappa shape index (κ3) is 5.19. The third-order valence-electron chi connectivity index (χ3n) is 5.54. The number of likely N-dealkylation sites (tertiary alicyclic amines) is 1. The van der Waals surface area contributed by atoms with Gasteiger partial charge in [-0.1, -0.05) is 26.7 Å². The van der Waals surface area contributed by atoms with Crippen molar-refractivity contribution in [2.45, 2.75) is 70.9 Å². The van der Waals surface area contributed by atoms with Crippen molar-refractivity contribution in [3.05, 3.63) is 0 Å². The number of nitrogens with zero attached hydrogens (tertiary/aromatic N) is 2. The molecule has 2 aliphatic heterocycles. The summed E-state index contributed by atoms with van der Waals surface area (Å²) in [6.45, 7) is 6.75. The molecule has 2 heterocycles. The van der Waals surface area contributed by atoms with Crippen LogP contribution in [-0.4, -0.2) is 65.8 Å². The summed E-state index contributed by atoms with van der Waals surface area (Å²) in [7, 11) is 0. The number of primary amides is 1. The standard InChI is InChI=1S/C19H34N4O3/c1-3-5-15-18(25)23(12-9-21-15)16(6-4-2)19(26)22-10-7-14(8-11-22)13-17(20)24/h14-16,21H,3-13H2,1-2H3,(H2,20,24). The molecule has 0 aromatic heterocycles. The van der Waals surface area contributed by atoms with Gasteiger partial charge in [-0.25, -0.2) is 0 Å². The first-order valence-corrected chi connectivity index (χ1v) is 10.1. The van der Waals surface area contributed by atoms with Crippen molar-refractivity contribution in [1.82, 2.24) is 15.1 Å². The molecule has 0 spiro atoms. The van der Waals surface area contributed by atoms with E-state index in [2.05, 4.69) is 19.2 Å². The van der Waals surface area contributed by atoms with Crippen LogP contribution in [0.3, 0.4) is 0 Å². The lowest BCUT2D eigenvalue weighted by Crippen LogP contribution is -2.61. The van der Waals surface area contributed by atoms with E-state index in [1.165, 1.54) is 0 Å². The highest BCUT2D eigenvalue weighted by Gasteiger charge is 2.38. The Morgan fingerprint density at radius 3 is 2.46 bits per heavy atom. The summed E-state index contributed by atoms with van der Waals surface area (Å²) >= 11 is 0. The fraction of sp³-hybridized carbons (Fsp3) is 0.842. The first-order valence-electron chi connectivity index (χ1n) is 10.1. The van der Waals surface area contributed by atoms with Crippen LogP contribution in [0.5, 0.6) is 0 Å². The first kappa shape index (κ1) is 20.7. The largest absolute Gasteiger partial charge is 0.370 e. The summed E-state index contributed by atoms with van der Waals surface area (Å²) in [5, 5.41) is 3.28. The van der Waals surface area contributed by atoms with Gasteiger partial charge in [-0.05, 0) is 31.6 Å². The maximum Gasteiger partial charge on any atom is 0.245 e. The molecule has 3 N–H and O–H groups in total. The number of nitrogens with two attached hydrogens (primary N) is 1. The van der Waals surface area contributed by atoms with E-state index in [0.29, 0.717) is 32.5 Å². The molecule has 7 heteroatoms. The van der Waals surface area contributed by atoms with Crippen molar-refractivity contribution in [3.63, 3.8) is 0 Å². The van der Waals surface area contributed by atoms with Gasteiger partial charge in [-0.15, -0.1) is 0 Å². The van der Waals surface area contributed by atoms with E-state index in [-0.39, 0.29) is 35.7 Å². The molecule has 0 aromatic carbocycles. The van der Waals surface area contributed by atoms with Gasteiger partial charge in [0.25, 0.3) is 0 Å². The van der Waals surface area contributed by atoms with Crippen molar-refractivity contribution < 1.29 is 14.4 Å². The molecular formula is C19H34N4O3. The molecule has 2 unspecified atom stereocenters. The summed E-state index contributed by atoms with van der Waals surface area (Å²) < 4.78 is 0. The monoisotopic (exact) mass is 366 g/mol. The van der Waals surface area contributed by atoms with Crippen LogP contribution in [0.15, 0.2) is 0 Å². The Hall–Kier alpha value is -1.63. The second kappa shape index (κ2) is 9.90. The lowest BCUT2D eigenvalue weighted by molar-refractivity contribution is -0.150. The number of carbonyl (C=O) groups is 3. The molecular weight excluding hydrogens is 332 g/mol. The summed E-state index contributed by atoms with van der Waals surface area (Å²) in [6.07, 6.45) is 5.32. The average molecular weight is 367 g/mol. The zero-order valence-corrected chi connectivity index (χ0v) is 16.2. The maximum atomic E-state index is 13.1. The molecule has 3 amide bonds. The minimum absolute atomic E-state index is 0.0634. The van der Waals surface area contributed by atoms with Gasteiger partial charge in [0.05, 0.1) is 6.04 Å². The number of hydrogen-bond donors (Lipinski definition) is 2. The lowest BCUT2D eigenvalue weighted by Gasteiger charge is -2.41. The average Bonchev–Trinajstić information content (AvgIpc) is 2.62. The van der Waals surface area contributed by atoms with E-state index >= 15 is 0 Å². The van der Waals surface area contributed by atoms with Gasteiger partial charge in [0, 0.05) is 32.6 Å². The highest BCUT2D eigenvalue weighted by atomic mass is 16.2. The minimum atomic E-state index is -0.360. The van der Waals surface area contributed by atoms with Crippen molar-refractivity contribution in [1.29, 1.82) is 0 Å². The van der Waals surface area contributed by atoms with E-state index in [9.17, 15) is 14.4 Å². The van der Waals surface area contributed by atoms with Gasteiger partial charge < -0.3 is 20.9 Å². The quantitative estimate of drug-likeness (QED) is 0.666. The smallest absolute Gasteiger partial charge is 0.245 e. The van der Waals surface area contributed by atoms with Crippen molar-refractivity contribution in [3.8, 4) is 0 Å². The van der Waals surface area contributed by atoms with Crippen LogP contribution in [0.4, 0.5) is 0 Å². The number of piperazine rings is 1. The van der Waals surface area contributed by atoms with Crippen molar-refractivity contribution in [2.24, 2.45) is 11.7 Å². The van der Waals surface area contributed by atoms with Crippen LogP contribution in [0.1, 0.15) is 58.8 Å². The second-order valence-corrected chi connectivity index (χ2v) is 7.57. The van der Waals surface area contributed by atoms with Crippen molar-refractivity contribution in [2.75, 3.05) is 26.2 Å². The van der Waals surface area contributed by atoms with Gasteiger partial charge in [-0.3, -0.25) is 14.4 Å². The van der Waals surface area contributed by atoms with Gasteiger partial charge in [0.2, 0.25) is 17.7 Å². The zero-order chi connectivity index (χ0) is 19.1. The Bertz CT molecular complexity index is 501. The summed E-state index contributed by atoms with van der Waals surface area (Å²) in [6, 6.07) is -0.524. The Morgan fingerprint density at radius 2 is 1.88 bits per heavy atom. The Labute approximate surface area is 156 Å². The minimum Gasteiger partial charge on any atom is -0.370 e. The molecule has 2 fully saturated rings. The fourth-order valence-electron chi connectivity index (χ4n) is 4.12. The predicted octanol–water partition coefficient (Wildman–Crippen LogP) is 0.870. The van der Waals surface area contributed by atoms with E-state index in [1.807, 2.05) is 4.90 Å². The Balaban J connectivity index is 2.01. The van der Waals surface area contributed by atoms with Gasteiger partial charge in [-0.2, -0.15) is 0 Å². The number of hydrogen-bond acceptors (Lipinski definition) is 4. The van der Waals surface area contributed by atoms with Gasteiger partial charge in [0.15, 0.2) is 0 Å². The molecule has 0 aromatic rings. The summed E-state index contributed by atoms with van der Waals surface area (Å²) in [4.78, 5) is 40.8. The van der Waals surface area contributed by atoms with Crippen LogP contribution >= 0.6 is 0 Å². The predicted molar refractivity (Wildman–Crippen MR) is 100 cm³/mol. The Morgan fingerprint density at radius 1 is 1.19 bits per heavy atom. The number of amides is 3. The van der Waals surface area contributed by atoms with Crippen LogP contribution < -0.4 is 11.1 Å². The molecule has 2 aliphatic rings. The van der Waals surface area contributed by atoms with Crippen molar-refractivity contribution >= 4 is 17.7 Å². The fourth-order valence-corrected chi connectivity index (χ4v) is 4.12. The number of rotatable bonds is 8. The maximum absolute atomic E-state index is 13.1. The van der Waals surface area contributed by atoms with Crippen LogP contribution in [0.25, 0.3) is 0 Å². The molecule has 0 aliphatic carbocycles. The number of piperidine rings is 1. The number of nitrogens with one attached hydrogen (secondary N) is 1. The normalized spacial score (nSPS) is 23.2. The zero-order valence-electron chi connectivity index (χ0n) is 16.2. The Kier molecular flexibility index (Phi) is 7.87. The highest BCUT2D eigenvalue weighted by Crippen LogP contribution is 2.23.